The molecule has 2 fully saturated rings. The minimum atomic E-state index is -4.97. The molecule has 1 saturated carbocycles. The number of carbonyl (C=O) groups excluding carboxylic acids is 1. The van der Waals surface area contributed by atoms with Gasteiger partial charge in [0.05, 0.1) is 23.8 Å². The van der Waals surface area contributed by atoms with Crippen LogP contribution in [-0.2, 0) is 28.5 Å². The van der Waals surface area contributed by atoms with E-state index in [4.69, 9.17) is 4.74 Å². The Kier molecular flexibility index (Phi) is 7.33. The van der Waals surface area contributed by atoms with Gasteiger partial charge in [-0.25, -0.2) is 4.39 Å². The lowest BCUT2D eigenvalue weighted by Crippen LogP contribution is -2.38. The first-order valence-corrected chi connectivity index (χ1v) is 11.9. The van der Waals surface area contributed by atoms with Crippen LogP contribution in [0.3, 0.4) is 0 Å². The molecule has 11 heteroatoms. The van der Waals surface area contributed by atoms with Gasteiger partial charge in [-0.15, -0.1) is 0 Å². The summed E-state index contributed by atoms with van der Waals surface area (Å²) in [6.07, 6.45) is -9.27. The van der Waals surface area contributed by atoms with E-state index in [1.165, 1.54) is 12.1 Å². The molecule has 1 amide bonds. The smallest absolute Gasteiger partial charge is 0.380 e. The Morgan fingerprint density at radius 3 is 2.11 bits per heavy atom. The van der Waals surface area contributed by atoms with Gasteiger partial charge in [-0.2, -0.15) is 26.3 Å². The summed E-state index contributed by atoms with van der Waals surface area (Å²) in [5.41, 5.74) is -3.99. The fourth-order valence-electron chi connectivity index (χ4n) is 5.46. The van der Waals surface area contributed by atoms with Gasteiger partial charge in [-0.05, 0) is 66.6 Å². The van der Waals surface area contributed by atoms with E-state index in [0.717, 1.165) is 0 Å². The lowest BCUT2D eigenvalue weighted by Gasteiger charge is -2.30. The van der Waals surface area contributed by atoms with Gasteiger partial charge in [0, 0.05) is 18.4 Å². The average Bonchev–Trinajstić information content (AvgIpc) is 3.38. The maximum absolute atomic E-state index is 13.6. The van der Waals surface area contributed by atoms with Crippen LogP contribution in [0.1, 0.15) is 60.8 Å². The van der Waals surface area contributed by atoms with Gasteiger partial charge in [0.1, 0.15) is 11.4 Å². The van der Waals surface area contributed by atoms with Gasteiger partial charge in [0.15, 0.2) is 0 Å². The molecule has 37 heavy (non-hydrogen) atoms. The van der Waals surface area contributed by atoms with Gasteiger partial charge in [0.2, 0.25) is 0 Å². The zero-order chi connectivity index (χ0) is 27.2. The molecule has 5 atom stereocenters. The fourth-order valence-corrected chi connectivity index (χ4v) is 5.46. The number of ether oxygens (including phenoxy) is 1. The van der Waals surface area contributed by atoms with Gasteiger partial charge < -0.3 is 15.2 Å². The van der Waals surface area contributed by atoms with Crippen LogP contribution in [0.2, 0.25) is 0 Å². The SMILES string of the molecule is CC[C@@]1(O)C[C@H]([C@@H]2CC[C@H](OCc3cc(C(F)(F)F)cc(C(F)(F)F)c3)[C@H]2c2ccc(F)cc2)NC1=O. The Morgan fingerprint density at radius 2 is 1.59 bits per heavy atom. The maximum atomic E-state index is 13.6. The number of benzene rings is 2. The first-order chi connectivity index (χ1) is 17.2. The second kappa shape index (κ2) is 9.90. The summed E-state index contributed by atoms with van der Waals surface area (Å²) < 4.78 is 99.0. The van der Waals surface area contributed by atoms with Crippen LogP contribution in [0.4, 0.5) is 30.7 Å². The van der Waals surface area contributed by atoms with E-state index in [1.807, 2.05) is 0 Å². The van der Waals surface area contributed by atoms with Crippen LogP contribution in [0.15, 0.2) is 42.5 Å². The first kappa shape index (κ1) is 27.4. The van der Waals surface area contributed by atoms with Crippen molar-refractivity contribution in [2.45, 2.75) is 75.2 Å². The van der Waals surface area contributed by atoms with Crippen molar-refractivity contribution in [1.82, 2.24) is 5.32 Å². The Balaban J connectivity index is 1.60. The Labute approximate surface area is 208 Å². The average molecular weight is 533 g/mol. The number of alkyl halides is 6. The highest BCUT2D eigenvalue weighted by atomic mass is 19.4. The minimum Gasteiger partial charge on any atom is -0.380 e. The van der Waals surface area contributed by atoms with E-state index in [0.29, 0.717) is 30.5 Å². The highest BCUT2D eigenvalue weighted by Crippen LogP contribution is 2.47. The highest BCUT2D eigenvalue weighted by Gasteiger charge is 2.51. The van der Waals surface area contributed by atoms with Crippen LogP contribution in [0, 0.1) is 11.7 Å². The van der Waals surface area contributed by atoms with Crippen LogP contribution in [0.25, 0.3) is 0 Å². The monoisotopic (exact) mass is 533 g/mol. The molecular formula is C26H26F7NO3. The van der Waals surface area contributed by atoms with Crippen molar-refractivity contribution in [1.29, 1.82) is 0 Å². The van der Waals surface area contributed by atoms with Gasteiger partial charge in [0.25, 0.3) is 5.91 Å². The molecule has 1 aliphatic heterocycles. The molecular weight excluding hydrogens is 507 g/mol. The second-order valence-electron chi connectivity index (χ2n) is 9.75. The van der Waals surface area contributed by atoms with Crippen molar-refractivity contribution >= 4 is 5.91 Å². The van der Waals surface area contributed by atoms with E-state index in [2.05, 4.69) is 5.32 Å². The van der Waals surface area contributed by atoms with Crippen molar-refractivity contribution in [3.63, 3.8) is 0 Å². The van der Waals surface area contributed by atoms with E-state index in [1.54, 1.807) is 19.1 Å². The van der Waals surface area contributed by atoms with E-state index in [9.17, 15) is 40.6 Å². The molecule has 0 spiro atoms. The molecule has 1 aliphatic carbocycles. The largest absolute Gasteiger partial charge is 0.416 e. The zero-order valence-electron chi connectivity index (χ0n) is 19.8. The molecule has 0 bridgehead atoms. The summed E-state index contributed by atoms with van der Waals surface area (Å²) in [5, 5.41) is 13.4. The summed E-state index contributed by atoms with van der Waals surface area (Å²) >= 11 is 0. The third-order valence-electron chi connectivity index (χ3n) is 7.41. The standard InChI is InChI=1S/C26H26F7NO3/c1-2-24(36)12-20(34-23(24)35)19-7-8-21(22(19)15-3-5-18(27)6-4-15)37-13-14-9-16(25(28,29)30)11-17(10-14)26(31,32)33/h3-6,9-11,19-22,36H,2,7-8,12-13H2,1H3,(H,34,35)/t19-,20+,21-,22-,24+/m0/s1. The van der Waals surface area contributed by atoms with Crippen molar-refractivity contribution in [3.8, 4) is 0 Å². The van der Waals surface area contributed by atoms with Crippen molar-refractivity contribution < 1.29 is 45.4 Å². The molecule has 1 saturated heterocycles. The third-order valence-corrected chi connectivity index (χ3v) is 7.41. The minimum absolute atomic E-state index is 0.0636. The summed E-state index contributed by atoms with van der Waals surface area (Å²) in [4.78, 5) is 12.4. The second-order valence-corrected chi connectivity index (χ2v) is 9.75. The molecule has 0 radical (unpaired) electrons. The topological polar surface area (TPSA) is 58.6 Å². The number of amides is 1. The predicted molar refractivity (Wildman–Crippen MR) is 119 cm³/mol. The van der Waals surface area contributed by atoms with E-state index < -0.39 is 65.5 Å². The normalized spacial score (nSPS) is 28.5. The Bertz CT molecular complexity index is 1100. The Morgan fingerprint density at radius 1 is 1.00 bits per heavy atom. The number of rotatable bonds is 6. The fraction of sp³-hybridized carbons (Fsp3) is 0.500. The summed E-state index contributed by atoms with van der Waals surface area (Å²) in [6.45, 7) is 1.18. The number of aliphatic hydroxyl groups is 1. The van der Waals surface area contributed by atoms with Crippen LogP contribution in [0.5, 0.6) is 0 Å². The third kappa shape index (κ3) is 5.77. The summed E-state index contributed by atoms with van der Waals surface area (Å²) in [6, 6.07) is 6.49. The molecule has 2 aliphatic rings. The van der Waals surface area contributed by atoms with Gasteiger partial charge in [-0.3, -0.25) is 4.79 Å². The van der Waals surface area contributed by atoms with Gasteiger partial charge in [-0.1, -0.05) is 19.1 Å². The molecule has 202 valence electrons. The van der Waals surface area contributed by atoms with Crippen molar-refractivity contribution in [2.24, 2.45) is 5.92 Å². The number of nitrogens with one attached hydrogen (secondary N) is 1. The molecule has 4 rings (SSSR count). The van der Waals surface area contributed by atoms with Crippen molar-refractivity contribution in [2.75, 3.05) is 0 Å². The maximum Gasteiger partial charge on any atom is 0.416 e. The molecule has 2 aromatic carbocycles. The predicted octanol–water partition coefficient (Wildman–Crippen LogP) is 5.97. The molecule has 1 heterocycles. The van der Waals surface area contributed by atoms with Crippen LogP contribution in [-0.4, -0.2) is 28.8 Å². The lowest BCUT2D eigenvalue weighted by molar-refractivity contribution is -0.143. The molecule has 0 aromatic heterocycles. The molecule has 0 unspecified atom stereocenters. The van der Waals surface area contributed by atoms with Crippen LogP contribution < -0.4 is 5.32 Å². The number of hydrogen-bond donors (Lipinski definition) is 2. The number of hydrogen-bond acceptors (Lipinski definition) is 3. The number of carbonyl (C=O) groups is 1. The Hall–Kier alpha value is -2.66. The lowest BCUT2D eigenvalue weighted by atomic mass is 9.80. The first-order valence-electron chi connectivity index (χ1n) is 11.9. The summed E-state index contributed by atoms with van der Waals surface area (Å²) in [5.74, 6) is -1.65. The molecule has 2 aromatic rings. The van der Waals surface area contributed by atoms with Crippen LogP contribution >= 0.6 is 0 Å². The van der Waals surface area contributed by atoms with E-state index in [-0.39, 0.29) is 30.4 Å². The van der Waals surface area contributed by atoms with E-state index >= 15 is 0 Å². The molecule has 4 nitrogen and oxygen atoms in total. The summed E-state index contributed by atoms with van der Waals surface area (Å²) in [7, 11) is 0. The highest BCUT2D eigenvalue weighted by molar-refractivity contribution is 5.87. The number of halogens is 7. The van der Waals surface area contributed by atoms with Crippen molar-refractivity contribution in [3.05, 3.63) is 70.5 Å². The quantitative estimate of drug-likeness (QED) is 0.450. The zero-order valence-corrected chi connectivity index (χ0v) is 19.8. The molecule has 2 N–H and O–H groups in total. The van der Waals surface area contributed by atoms with Gasteiger partial charge >= 0.3 is 12.4 Å².